The van der Waals surface area contributed by atoms with Gasteiger partial charge in [-0.1, -0.05) is 31.5 Å². The molecule has 0 heterocycles. The van der Waals surface area contributed by atoms with Gasteiger partial charge >= 0.3 is 0 Å². The van der Waals surface area contributed by atoms with Crippen LogP contribution in [0.2, 0.25) is 0 Å². The molecule has 1 amide bonds. The van der Waals surface area contributed by atoms with Crippen molar-refractivity contribution in [2.24, 2.45) is 10.5 Å². The van der Waals surface area contributed by atoms with Gasteiger partial charge in [0.15, 0.2) is 6.61 Å². The van der Waals surface area contributed by atoms with E-state index in [1.807, 2.05) is 45.0 Å². The zero-order chi connectivity index (χ0) is 16.2. The average Bonchev–Trinajstić information content (AvgIpc) is 2.42. The fraction of sp³-hybridized carbons (Fsp3) is 0.471. The van der Waals surface area contributed by atoms with Gasteiger partial charge in [0.05, 0.1) is 0 Å². The number of nitrogens with zero attached hydrogens (tertiary/aromatic N) is 1. The van der Waals surface area contributed by atoms with Crippen molar-refractivity contribution >= 4 is 17.4 Å². The van der Waals surface area contributed by atoms with E-state index in [2.05, 4.69) is 10.5 Å². The van der Waals surface area contributed by atoms with Crippen molar-refractivity contribution in [2.75, 3.05) is 6.61 Å². The topological polar surface area (TPSA) is 67.8 Å². The van der Waals surface area contributed by atoms with Gasteiger partial charge in [-0.3, -0.25) is 9.59 Å². The fourth-order valence-corrected chi connectivity index (χ4v) is 2.54. The van der Waals surface area contributed by atoms with Crippen LogP contribution in [-0.4, -0.2) is 24.0 Å². The highest BCUT2D eigenvalue weighted by atomic mass is 16.5. The number of hydrogen-bond donors (Lipinski definition) is 1. The van der Waals surface area contributed by atoms with Crippen molar-refractivity contribution in [1.82, 2.24) is 5.43 Å². The molecule has 5 heteroatoms. The Bertz CT molecular complexity index is 588. The summed E-state index contributed by atoms with van der Waals surface area (Å²) in [5.74, 6) is 0.478. The summed E-state index contributed by atoms with van der Waals surface area (Å²) in [5, 5.41) is 4.07. The smallest absolute Gasteiger partial charge is 0.277 e. The van der Waals surface area contributed by atoms with Crippen molar-refractivity contribution in [1.29, 1.82) is 0 Å². The Labute approximate surface area is 130 Å². The van der Waals surface area contributed by atoms with Gasteiger partial charge in [0.1, 0.15) is 11.5 Å². The Morgan fingerprint density at radius 2 is 1.95 bits per heavy atom. The third-order valence-electron chi connectivity index (χ3n) is 3.49. The number of carbonyl (C=O) groups excluding carboxylic acids is 2. The van der Waals surface area contributed by atoms with Crippen LogP contribution in [0.15, 0.2) is 29.4 Å². The first-order valence-electron chi connectivity index (χ1n) is 7.39. The zero-order valence-corrected chi connectivity index (χ0v) is 13.3. The molecule has 0 aromatic heterocycles. The maximum atomic E-state index is 11.7. The molecule has 1 aromatic carbocycles. The molecular formula is C17H22N2O3. The van der Waals surface area contributed by atoms with Crippen molar-refractivity contribution in [3.05, 3.63) is 29.8 Å². The van der Waals surface area contributed by atoms with Gasteiger partial charge in [0, 0.05) is 18.6 Å². The highest BCUT2D eigenvalue weighted by molar-refractivity contribution is 6.05. The van der Waals surface area contributed by atoms with Gasteiger partial charge in [-0.15, -0.1) is 0 Å². The highest BCUT2D eigenvalue weighted by Crippen LogP contribution is 2.31. The molecule has 0 radical (unpaired) electrons. The monoisotopic (exact) mass is 302 g/mol. The second kappa shape index (κ2) is 6.73. The van der Waals surface area contributed by atoms with Gasteiger partial charge in [0.25, 0.3) is 5.91 Å². The van der Waals surface area contributed by atoms with Crippen molar-refractivity contribution in [3.63, 3.8) is 0 Å². The molecule has 5 nitrogen and oxygen atoms in total. The molecule has 1 N–H and O–H groups in total. The Hall–Kier alpha value is -2.17. The number of amides is 1. The predicted molar refractivity (Wildman–Crippen MR) is 84.9 cm³/mol. The highest BCUT2D eigenvalue weighted by Gasteiger charge is 2.30. The molecule has 0 bridgehead atoms. The molecule has 0 saturated heterocycles. The van der Waals surface area contributed by atoms with Gasteiger partial charge < -0.3 is 4.74 Å². The fourth-order valence-electron chi connectivity index (χ4n) is 2.54. The average molecular weight is 302 g/mol. The number of hydrazone groups is 1. The molecule has 1 aliphatic carbocycles. The van der Waals surface area contributed by atoms with E-state index in [9.17, 15) is 9.59 Å². The van der Waals surface area contributed by atoms with Crippen LogP contribution in [0, 0.1) is 12.3 Å². The van der Waals surface area contributed by atoms with E-state index in [1.54, 1.807) is 0 Å². The summed E-state index contributed by atoms with van der Waals surface area (Å²) >= 11 is 0. The number of rotatable bonds is 4. The van der Waals surface area contributed by atoms with Crippen molar-refractivity contribution in [3.8, 4) is 5.75 Å². The maximum Gasteiger partial charge on any atom is 0.277 e. The Morgan fingerprint density at radius 3 is 2.59 bits per heavy atom. The third kappa shape index (κ3) is 4.98. The lowest BCUT2D eigenvalue weighted by molar-refractivity contribution is -0.123. The van der Waals surface area contributed by atoms with Crippen LogP contribution in [0.5, 0.6) is 5.75 Å². The third-order valence-corrected chi connectivity index (χ3v) is 3.49. The van der Waals surface area contributed by atoms with E-state index in [0.29, 0.717) is 18.6 Å². The van der Waals surface area contributed by atoms with E-state index in [1.165, 1.54) is 0 Å². The van der Waals surface area contributed by atoms with Crippen LogP contribution in [0.1, 0.15) is 38.7 Å². The van der Waals surface area contributed by atoms with Crippen molar-refractivity contribution in [2.45, 2.75) is 40.0 Å². The largest absolute Gasteiger partial charge is 0.484 e. The van der Waals surface area contributed by atoms with E-state index < -0.39 is 0 Å². The summed E-state index contributed by atoms with van der Waals surface area (Å²) in [6.45, 7) is 5.94. The number of Topliss-reactive ketones (excluding diaryl/α,β-unsaturated/α-hetero) is 1. The lowest BCUT2D eigenvalue weighted by atomic mass is 9.76. The minimum absolute atomic E-state index is 0.0860. The second-order valence-corrected chi connectivity index (χ2v) is 6.55. The maximum absolute atomic E-state index is 11.7. The number of ether oxygens (including phenoxy) is 1. The van der Waals surface area contributed by atoms with E-state index in [0.717, 1.165) is 17.7 Å². The molecule has 0 atom stereocenters. The lowest BCUT2D eigenvalue weighted by Gasteiger charge is -2.28. The number of aryl methyl sites for hydroxylation is 1. The Morgan fingerprint density at radius 1 is 1.27 bits per heavy atom. The number of benzene rings is 1. The second-order valence-electron chi connectivity index (χ2n) is 6.55. The standard InChI is InChI=1S/C17H22N2O3/c1-12-4-6-15(7-5-12)22-11-16(21)19-18-13-8-14(20)10-17(2,3)9-13/h4-7H,8-11H2,1-3H3,(H,19,21). The van der Waals surface area contributed by atoms with E-state index in [4.69, 9.17) is 4.74 Å². The number of hydrogen-bond acceptors (Lipinski definition) is 4. The first-order chi connectivity index (χ1) is 10.3. The van der Waals surface area contributed by atoms with Gasteiger partial charge in [-0.05, 0) is 30.9 Å². The molecule has 118 valence electrons. The van der Waals surface area contributed by atoms with Crippen LogP contribution >= 0.6 is 0 Å². The lowest BCUT2D eigenvalue weighted by Crippen LogP contribution is -2.32. The van der Waals surface area contributed by atoms with E-state index >= 15 is 0 Å². The molecule has 1 aliphatic rings. The SMILES string of the molecule is Cc1ccc(OCC(=O)NN=C2CC(=O)CC(C)(C)C2)cc1. The Balaban J connectivity index is 1.83. The molecule has 0 spiro atoms. The quantitative estimate of drug-likeness (QED) is 0.869. The molecule has 1 saturated carbocycles. The summed E-state index contributed by atoms with van der Waals surface area (Å²) in [4.78, 5) is 23.4. The minimum Gasteiger partial charge on any atom is -0.484 e. The number of carbonyl (C=O) groups is 2. The summed E-state index contributed by atoms with van der Waals surface area (Å²) in [6, 6.07) is 7.47. The summed E-state index contributed by atoms with van der Waals surface area (Å²) in [6.07, 6.45) is 1.61. The molecule has 0 aliphatic heterocycles. The van der Waals surface area contributed by atoms with E-state index in [-0.39, 0.29) is 23.7 Å². The molecule has 2 rings (SSSR count). The van der Waals surface area contributed by atoms with Crippen LogP contribution in [0.3, 0.4) is 0 Å². The van der Waals surface area contributed by atoms with Crippen molar-refractivity contribution < 1.29 is 14.3 Å². The van der Waals surface area contributed by atoms with Crippen LogP contribution in [-0.2, 0) is 9.59 Å². The normalized spacial score (nSPS) is 19.0. The predicted octanol–water partition coefficient (Wildman–Crippen LogP) is 2.63. The van der Waals surface area contributed by atoms with Crippen LogP contribution in [0.4, 0.5) is 0 Å². The molecule has 22 heavy (non-hydrogen) atoms. The van der Waals surface area contributed by atoms with Gasteiger partial charge in [-0.25, -0.2) is 5.43 Å². The molecule has 1 aromatic rings. The number of ketones is 1. The molecular weight excluding hydrogens is 280 g/mol. The first-order valence-corrected chi connectivity index (χ1v) is 7.39. The van der Waals surface area contributed by atoms with Crippen LogP contribution < -0.4 is 10.2 Å². The van der Waals surface area contributed by atoms with Gasteiger partial charge in [-0.2, -0.15) is 5.10 Å². The first kappa shape index (κ1) is 16.2. The Kier molecular flexibility index (Phi) is 4.96. The summed E-state index contributed by atoms with van der Waals surface area (Å²) in [7, 11) is 0. The minimum atomic E-state index is -0.330. The number of nitrogens with one attached hydrogen (secondary N) is 1. The van der Waals surface area contributed by atoms with Crippen LogP contribution in [0.25, 0.3) is 0 Å². The van der Waals surface area contributed by atoms with Gasteiger partial charge in [0.2, 0.25) is 0 Å². The zero-order valence-electron chi connectivity index (χ0n) is 13.3. The summed E-state index contributed by atoms with van der Waals surface area (Å²) < 4.78 is 5.38. The molecule has 1 fully saturated rings. The summed E-state index contributed by atoms with van der Waals surface area (Å²) in [5.41, 5.74) is 4.24. The molecule has 0 unspecified atom stereocenters.